The number of likely N-dealkylation sites (N-methyl/N-ethyl adjacent to an activating group) is 1. The summed E-state index contributed by atoms with van der Waals surface area (Å²) in [5.74, 6) is 0. The van der Waals surface area contributed by atoms with Crippen molar-refractivity contribution in [2.45, 2.75) is 25.5 Å². The van der Waals surface area contributed by atoms with E-state index in [1.54, 1.807) is 52.3 Å². The van der Waals surface area contributed by atoms with Gasteiger partial charge in [-0.1, -0.05) is 0 Å². The van der Waals surface area contributed by atoms with E-state index < -0.39 is 8.80 Å². The Morgan fingerprint density at radius 2 is 1.54 bits per heavy atom. The first-order valence-electron chi connectivity index (χ1n) is 8.08. The Balaban J connectivity index is 4.08. The van der Waals surface area contributed by atoms with Gasteiger partial charge in [0.05, 0.1) is 19.3 Å². The smallest absolute Gasteiger partial charge is 0.379 e. The van der Waals surface area contributed by atoms with Crippen molar-refractivity contribution in [1.82, 2.24) is 9.80 Å². The summed E-state index contributed by atoms with van der Waals surface area (Å²) in [5, 5.41) is 0. The predicted octanol–water partition coefficient (Wildman–Crippen LogP) is 1.29. The highest BCUT2D eigenvalue weighted by Crippen LogP contribution is 2.15. The van der Waals surface area contributed by atoms with E-state index in [4.69, 9.17) is 22.8 Å². The molecular formula is C15H34N2O6Si. The van der Waals surface area contributed by atoms with Gasteiger partial charge in [0.25, 0.3) is 0 Å². The normalized spacial score (nSPS) is 13.0. The molecule has 0 heterocycles. The Morgan fingerprint density at radius 1 is 1.00 bits per heavy atom. The second-order valence-electron chi connectivity index (χ2n) is 5.65. The average molecular weight is 367 g/mol. The molecule has 0 N–H and O–H groups in total. The standard InChI is InChI=1S/C15H34N2O6Si/c1-14(19-4)13-23-11-10-17(3)15(18)16(2)9-8-12-24(20-5,21-6)22-7/h14H,8-13H2,1-7H3. The molecule has 2 amide bonds. The first-order chi connectivity index (χ1) is 11.4. The number of hydrogen-bond acceptors (Lipinski definition) is 6. The van der Waals surface area contributed by atoms with Crippen molar-refractivity contribution in [1.29, 1.82) is 0 Å². The molecule has 0 aromatic heterocycles. The van der Waals surface area contributed by atoms with E-state index in [0.717, 1.165) is 6.42 Å². The molecule has 9 heteroatoms. The SMILES string of the molecule is COC(C)COCCN(C)C(=O)N(C)CCC[Si](OC)(OC)OC. The zero-order valence-corrected chi connectivity index (χ0v) is 17.2. The monoisotopic (exact) mass is 366 g/mol. The highest BCUT2D eigenvalue weighted by molar-refractivity contribution is 6.60. The fourth-order valence-corrected chi connectivity index (χ4v) is 3.79. The maximum absolute atomic E-state index is 12.3. The minimum absolute atomic E-state index is 0.0436. The maximum atomic E-state index is 12.3. The van der Waals surface area contributed by atoms with E-state index in [9.17, 15) is 4.79 Å². The number of carbonyl (C=O) groups is 1. The molecule has 1 atom stereocenters. The van der Waals surface area contributed by atoms with E-state index >= 15 is 0 Å². The summed E-state index contributed by atoms with van der Waals surface area (Å²) in [6.45, 7) is 4.08. The molecule has 0 aliphatic carbocycles. The Hall–Kier alpha value is -0.713. The number of amides is 2. The van der Waals surface area contributed by atoms with Gasteiger partial charge in [0.2, 0.25) is 0 Å². The number of rotatable bonds is 13. The molecule has 0 aliphatic heterocycles. The fourth-order valence-electron chi connectivity index (χ4n) is 2.09. The molecule has 0 bridgehead atoms. The van der Waals surface area contributed by atoms with Crippen LogP contribution >= 0.6 is 0 Å². The van der Waals surface area contributed by atoms with Crippen molar-refractivity contribution >= 4 is 14.8 Å². The number of nitrogens with zero attached hydrogens (tertiary/aromatic N) is 2. The summed E-state index contributed by atoms with van der Waals surface area (Å²) >= 11 is 0. The summed E-state index contributed by atoms with van der Waals surface area (Å²) in [5.41, 5.74) is 0. The lowest BCUT2D eigenvalue weighted by Gasteiger charge is -2.27. The zero-order valence-electron chi connectivity index (χ0n) is 16.2. The van der Waals surface area contributed by atoms with Crippen LogP contribution in [0.4, 0.5) is 4.79 Å². The molecule has 1 unspecified atom stereocenters. The van der Waals surface area contributed by atoms with Gasteiger partial charge in [-0.2, -0.15) is 0 Å². The Morgan fingerprint density at radius 3 is 2.04 bits per heavy atom. The number of methoxy groups -OCH3 is 1. The van der Waals surface area contributed by atoms with Crippen molar-refractivity contribution in [3.8, 4) is 0 Å². The highest BCUT2D eigenvalue weighted by Gasteiger charge is 2.37. The third-order valence-electron chi connectivity index (χ3n) is 3.89. The molecule has 0 fully saturated rings. The maximum Gasteiger partial charge on any atom is 0.500 e. The molecule has 0 saturated heterocycles. The number of carbonyl (C=O) groups excluding carboxylic acids is 1. The van der Waals surface area contributed by atoms with E-state index in [1.807, 2.05) is 6.92 Å². The second-order valence-corrected chi connectivity index (χ2v) is 8.74. The average Bonchev–Trinajstić information content (AvgIpc) is 2.61. The van der Waals surface area contributed by atoms with Gasteiger partial charge in [0.1, 0.15) is 0 Å². The van der Waals surface area contributed by atoms with Crippen molar-refractivity contribution in [3.63, 3.8) is 0 Å². The van der Waals surface area contributed by atoms with Gasteiger partial charge < -0.3 is 32.6 Å². The van der Waals surface area contributed by atoms with Crippen LogP contribution in [0.25, 0.3) is 0 Å². The minimum atomic E-state index is -2.57. The topological polar surface area (TPSA) is 69.7 Å². The van der Waals surface area contributed by atoms with Crippen LogP contribution in [-0.2, 0) is 22.8 Å². The van der Waals surface area contributed by atoms with E-state index in [-0.39, 0.29) is 12.1 Å². The molecule has 0 aromatic carbocycles. The fraction of sp³-hybridized carbons (Fsp3) is 0.933. The summed E-state index contributed by atoms with van der Waals surface area (Å²) in [6, 6.07) is 0.619. The largest absolute Gasteiger partial charge is 0.500 e. The number of ether oxygens (including phenoxy) is 2. The minimum Gasteiger partial charge on any atom is -0.379 e. The Kier molecular flexibility index (Phi) is 12.2. The number of hydrogen-bond donors (Lipinski definition) is 0. The lowest BCUT2D eigenvalue weighted by Crippen LogP contribution is -2.44. The molecule has 0 spiro atoms. The molecule has 0 aromatic rings. The lowest BCUT2D eigenvalue weighted by atomic mass is 10.4. The van der Waals surface area contributed by atoms with Crippen molar-refractivity contribution in [3.05, 3.63) is 0 Å². The molecule has 0 rings (SSSR count). The van der Waals surface area contributed by atoms with Crippen molar-refractivity contribution in [2.75, 3.05) is 68.8 Å². The van der Waals surface area contributed by atoms with Crippen LogP contribution in [0, 0.1) is 0 Å². The molecule has 24 heavy (non-hydrogen) atoms. The molecule has 0 saturated carbocycles. The van der Waals surface area contributed by atoms with E-state index in [2.05, 4.69) is 0 Å². The molecule has 144 valence electrons. The zero-order chi connectivity index (χ0) is 18.6. The third-order valence-corrected chi connectivity index (χ3v) is 6.72. The van der Waals surface area contributed by atoms with Crippen LogP contribution in [0.5, 0.6) is 0 Å². The summed E-state index contributed by atoms with van der Waals surface area (Å²) in [7, 11) is 7.39. The molecule has 8 nitrogen and oxygen atoms in total. The molecule has 0 aliphatic rings. The van der Waals surface area contributed by atoms with Crippen LogP contribution in [0.3, 0.4) is 0 Å². The first-order valence-corrected chi connectivity index (χ1v) is 10.0. The van der Waals surface area contributed by atoms with Crippen LogP contribution < -0.4 is 0 Å². The Labute approximate surface area is 147 Å². The van der Waals surface area contributed by atoms with Gasteiger partial charge in [-0.15, -0.1) is 0 Å². The van der Waals surface area contributed by atoms with Crippen LogP contribution in [-0.4, -0.2) is 99.6 Å². The lowest BCUT2D eigenvalue weighted by molar-refractivity contribution is 0.0145. The summed E-state index contributed by atoms with van der Waals surface area (Å²) < 4.78 is 26.7. The quantitative estimate of drug-likeness (QED) is 0.361. The molecular weight excluding hydrogens is 332 g/mol. The second kappa shape index (κ2) is 12.6. The van der Waals surface area contributed by atoms with E-state index in [1.165, 1.54) is 0 Å². The number of urea groups is 1. The van der Waals surface area contributed by atoms with Gasteiger partial charge in [-0.25, -0.2) is 4.79 Å². The van der Waals surface area contributed by atoms with Crippen LogP contribution in [0.2, 0.25) is 6.04 Å². The van der Waals surface area contributed by atoms with Gasteiger partial charge >= 0.3 is 14.8 Å². The first kappa shape index (κ1) is 23.3. The predicted molar refractivity (Wildman–Crippen MR) is 94.2 cm³/mol. The van der Waals surface area contributed by atoms with Gasteiger partial charge in [-0.3, -0.25) is 0 Å². The Bertz CT molecular complexity index is 336. The summed E-state index contributed by atoms with van der Waals surface area (Å²) in [4.78, 5) is 15.6. The van der Waals surface area contributed by atoms with Crippen molar-refractivity contribution in [2.24, 2.45) is 0 Å². The van der Waals surface area contributed by atoms with Crippen LogP contribution in [0.15, 0.2) is 0 Å². The van der Waals surface area contributed by atoms with Gasteiger partial charge in [0, 0.05) is 61.7 Å². The van der Waals surface area contributed by atoms with Gasteiger partial charge in [-0.05, 0) is 13.3 Å². The van der Waals surface area contributed by atoms with E-state index in [0.29, 0.717) is 32.3 Å². The van der Waals surface area contributed by atoms with Crippen LogP contribution in [0.1, 0.15) is 13.3 Å². The molecule has 0 radical (unpaired) electrons. The highest BCUT2D eigenvalue weighted by atomic mass is 28.4. The van der Waals surface area contributed by atoms with Gasteiger partial charge in [0.15, 0.2) is 0 Å². The third kappa shape index (κ3) is 8.40. The van der Waals surface area contributed by atoms with Crippen molar-refractivity contribution < 1.29 is 27.5 Å². The summed E-state index contributed by atoms with van der Waals surface area (Å²) in [6.07, 6.45) is 0.806.